The number of alkyl carbamates (subject to hydrolysis) is 1. The third kappa shape index (κ3) is 9.95. The SMILES string of the molecule is COC(=O)c1c(F)cc(-c2ccc(CC(NC(=O)C3CCC(CNC(=O)OC(C)(C)C)CC3)C(=O)Nc3ccc(-c4nn[nH]n4)cc3)cc2)cc1F. The van der Waals surface area contributed by atoms with Crippen LogP contribution < -0.4 is 16.0 Å². The summed E-state index contributed by atoms with van der Waals surface area (Å²) in [4.78, 5) is 51.1. The Morgan fingerprint density at radius 1 is 0.904 bits per heavy atom. The van der Waals surface area contributed by atoms with E-state index in [9.17, 15) is 28.0 Å². The van der Waals surface area contributed by atoms with Crippen LogP contribution in [0.25, 0.3) is 22.5 Å². The van der Waals surface area contributed by atoms with Gasteiger partial charge in [-0.05, 0) is 111 Å². The number of ether oxygens (including phenoxy) is 2. The minimum atomic E-state index is -1.12. The number of carbonyl (C=O) groups excluding carboxylic acids is 4. The molecule has 1 atom stereocenters. The van der Waals surface area contributed by atoms with E-state index in [1.54, 1.807) is 69.3 Å². The average Bonchev–Trinajstić information content (AvgIpc) is 3.65. The van der Waals surface area contributed by atoms with E-state index in [1.807, 2.05) is 0 Å². The van der Waals surface area contributed by atoms with E-state index >= 15 is 0 Å². The normalized spacial score (nSPS) is 16.3. The number of aromatic amines is 1. The molecule has 0 aliphatic heterocycles. The Kier molecular flexibility index (Phi) is 11.9. The van der Waals surface area contributed by atoms with Gasteiger partial charge in [0.1, 0.15) is 28.8 Å². The Morgan fingerprint density at radius 2 is 1.54 bits per heavy atom. The fraction of sp³-hybridized carbons (Fsp3) is 0.378. The lowest BCUT2D eigenvalue weighted by Gasteiger charge is -2.29. The Bertz CT molecular complexity index is 1850. The van der Waals surface area contributed by atoms with Gasteiger partial charge in [-0.15, -0.1) is 10.2 Å². The summed E-state index contributed by atoms with van der Waals surface area (Å²) in [6, 6.07) is 14.7. The zero-order valence-electron chi connectivity index (χ0n) is 29.3. The number of benzene rings is 3. The van der Waals surface area contributed by atoms with Gasteiger partial charge in [0.25, 0.3) is 0 Å². The van der Waals surface area contributed by atoms with E-state index < -0.39 is 46.8 Å². The smallest absolute Gasteiger partial charge is 0.407 e. The number of carbonyl (C=O) groups is 4. The van der Waals surface area contributed by atoms with Crippen molar-refractivity contribution in [1.29, 1.82) is 0 Å². The van der Waals surface area contributed by atoms with Crippen molar-refractivity contribution in [2.75, 3.05) is 19.0 Å². The molecule has 1 fully saturated rings. The highest BCUT2D eigenvalue weighted by atomic mass is 19.1. The molecule has 15 heteroatoms. The van der Waals surface area contributed by atoms with E-state index in [2.05, 4.69) is 41.3 Å². The van der Waals surface area contributed by atoms with E-state index in [0.717, 1.165) is 32.1 Å². The third-order valence-electron chi connectivity index (χ3n) is 8.70. The number of hydrogen-bond donors (Lipinski definition) is 4. The minimum Gasteiger partial charge on any atom is -0.465 e. The van der Waals surface area contributed by atoms with Crippen LogP contribution in [0.1, 0.15) is 62.4 Å². The highest BCUT2D eigenvalue weighted by Crippen LogP contribution is 2.30. The molecule has 0 bridgehead atoms. The van der Waals surface area contributed by atoms with Crippen LogP contribution in [-0.4, -0.2) is 69.8 Å². The van der Waals surface area contributed by atoms with Crippen molar-refractivity contribution in [2.24, 2.45) is 11.8 Å². The number of hydrogen-bond acceptors (Lipinski definition) is 9. The predicted molar refractivity (Wildman–Crippen MR) is 187 cm³/mol. The highest BCUT2D eigenvalue weighted by Gasteiger charge is 2.30. The molecule has 274 valence electrons. The fourth-order valence-corrected chi connectivity index (χ4v) is 5.99. The number of H-pyrrole nitrogens is 1. The van der Waals surface area contributed by atoms with Gasteiger partial charge in [-0.3, -0.25) is 9.59 Å². The summed E-state index contributed by atoms with van der Waals surface area (Å²) in [7, 11) is 1.04. The van der Waals surface area contributed by atoms with Crippen molar-refractivity contribution in [2.45, 2.75) is 64.5 Å². The van der Waals surface area contributed by atoms with Crippen molar-refractivity contribution >= 4 is 29.6 Å². The summed E-state index contributed by atoms with van der Waals surface area (Å²) >= 11 is 0. The van der Waals surface area contributed by atoms with E-state index in [1.165, 1.54) is 0 Å². The molecular formula is C37H41F2N7O6. The van der Waals surface area contributed by atoms with Crippen LogP contribution in [-0.2, 0) is 25.5 Å². The molecule has 1 aromatic heterocycles. The van der Waals surface area contributed by atoms with Gasteiger partial charge < -0.3 is 25.4 Å². The molecular weight excluding hydrogens is 676 g/mol. The van der Waals surface area contributed by atoms with Crippen LogP contribution in [0.4, 0.5) is 19.3 Å². The van der Waals surface area contributed by atoms with Gasteiger partial charge in [-0.25, -0.2) is 18.4 Å². The summed E-state index contributed by atoms with van der Waals surface area (Å²) in [5.41, 5.74) is 1.17. The van der Waals surface area contributed by atoms with E-state index in [0.29, 0.717) is 47.6 Å². The molecule has 0 spiro atoms. The number of methoxy groups -OCH3 is 1. The second kappa shape index (κ2) is 16.5. The second-order valence-electron chi connectivity index (χ2n) is 13.7. The molecule has 13 nitrogen and oxygen atoms in total. The van der Waals surface area contributed by atoms with Crippen LogP contribution in [0.15, 0.2) is 60.7 Å². The molecule has 0 saturated heterocycles. The van der Waals surface area contributed by atoms with Gasteiger partial charge in [0.15, 0.2) is 0 Å². The zero-order chi connectivity index (χ0) is 37.4. The van der Waals surface area contributed by atoms with Crippen LogP contribution >= 0.6 is 0 Å². The standard InChI is InChI=1S/C37H41F2N7O6/c1-37(2,3)52-36(50)40-20-22-7-11-25(12-8-22)33(47)42-30(34(48)41-27-15-13-24(14-16-27)32-43-45-46-44-32)17-21-5-9-23(10-6-21)26-18-28(38)31(29(39)19-26)35(49)51-4/h5-6,9-10,13-16,18-19,22,25,30H,7-8,11-12,17,20H2,1-4H3,(H,40,50)(H,41,48)(H,42,47)(H,43,44,45,46). The fourth-order valence-electron chi connectivity index (χ4n) is 5.99. The Balaban J connectivity index is 1.26. The number of anilines is 1. The first-order valence-corrected chi connectivity index (χ1v) is 16.9. The summed E-state index contributed by atoms with van der Waals surface area (Å²) in [6.45, 7) is 5.84. The molecule has 3 aromatic carbocycles. The number of rotatable bonds is 11. The summed E-state index contributed by atoms with van der Waals surface area (Å²) in [5.74, 6) is -3.64. The number of halogens is 2. The van der Waals surface area contributed by atoms with Crippen LogP contribution in [0.3, 0.4) is 0 Å². The number of amides is 3. The molecule has 1 aliphatic carbocycles. The van der Waals surface area contributed by atoms with Gasteiger partial charge in [0.2, 0.25) is 17.6 Å². The zero-order valence-corrected chi connectivity index (χ0v) is 29.3. The molecule has 5 rings (SSSR count). The van der Waals surface area contributed by atoms with Gasteiger partial charge >= 0.3 is 12.1 Å². The minimum absolute atomic E-state index is 0.123. The van der Waals surface area contributed by atoms with Crippen molar-refractivity contribution in [3.63, 3.8) is 0 Å². The second-order valence-corrected chi connectivity index (χ2v) is 13.7. The first kappa shape index (κ1) is 37.5. The van der Waals surface area contributed by atoms with Gasteiger partial charge in [0.05, 0.1) is 7.11 Å². The third-order valence-corrected chi connectivity index (χ3v) is 8.70. The van der Waals surface area contributed by atoms with Crippen LogP contribution in [0.2, 0.25) is 0 Å². The number of aromatic nitrogens is 4. The molecule has 1 saturated carbocycles. The van der Waals surface area contributed by atoms with Gasteiger partial charge in [0, 0.05) is 30.1 Å². The lowest BCUT2D eigenvalue weighted by atomic mass is 9.81. The van der Waals surface area contributed by atoms with Crippen molar-refractivity contribution in [3.05, 3.63) is 83.4 Å². The Labute approximate surface area is 299 Å². The van der Waals surface area contributed by atoms with E-state index in [4.69, 9.17) is 4.74 Å². The number of nitrogens with one attached hydrogen (secondary N) is 4. The number of nitrogens with zero attached hydrogens (tertiary/aromatic N) is 3. The first-order valence-electron chi connectivity index (χ1n) is 16.9. The van der Waals surface area contributed by atoms with Crippen molar-refractivity contribution in [3.8, 4) is 22.5 Å². The molecule has 1 unspecified atom stereocenters. The maximum absolute atomic E-state index is 14.6. The first-order chi connectivity index (χ1) is 24.8. The molecule has 1 heterocycles. The summed E-state index contributed by atoms with van der Waals surface area (Å²) < 4.78 is 39.0. The molecule has 0 radical (unpaired) electrons. The van der Waals surface area contributed by atoms with Crippen molar-refractivity contribution in [1.82, 2.24) is 31.3 Å². The lowest BCUT2D eigenvalue weighted by molar-refractivity contribution is -0.130. The topological polar surface area (TPSA) is 177 Å². The maximum Gasteiger partial charge on any atom is 0.407 e. The highest BCUT2D eigenvalue weighted by molar-refractivity contribution is 5.98. The molecule has 4 aromatic rings. The maximum atomic E-state index is 14.6. The molecule has 4 N–H and O–H groups in total. The molecule has 3 amide bonds. The average molecular weight is 718 g/mol. The molecule has 52 heavy (non-hydrogen) atoms. The molecule has 1 aliphatic rings. The predicted octanol–water partition coefficient (Wildman–Crippen LogP) is 5.60. The van der Waals surface area contributed by atoms with Gasteiger partial charge in [-0.1, -0.05) is 24.3 Å². The van der Waals surface area contributed by atoms with E-state index in [-0.39, 0.29) is 29.7 Å². The largest absolute Gasteiger partial charge is 0.465 e. The monoisotopic (exact) mass is 717 g/mol. The lowest BCUT2D eigenvalue weighted by Crippen LogP contribution is -2.48. The number of esters is 1. The number of tetrazole rings is 1. The quantitative estimate of drug-likeness (QED) is 0.144. The van der Waals surface area contributed by atoms with Crippen LogP contribution in [0.5, 0.6) is 0 Å². The Hall–Kier alpha value is -5.73. The van der Waals surface area contributed by atoms with Crippen molar-refractivity contribution < 1.29 is 37.4 Å². The summed E-state index contributed by atoms with van der Waals surface area (Å²) in [6.07, 6.45) is 2.28. The summed E-state index contributed by atoms with van der Waals surface area (Å²) in [5, 5.41) is 22.5. The Morgan fingerprint density at radius 3 is 2.12 bits per heavy atom. The van der Waals surface area contributed by atoms with Crippen LogP contribution in [0, 0.1) is 23.5 Å². The van der Waals surface area contributed by atoms with Gasteiger partial charge in [-0.2, -0.15) is 5.21 Å².